The summed E-state index contributed by atoms with van der Waals surface area (Å²) in [5, 5.41) is 2.79. The molecule has 0 aliphatic heterocycles. The predicted octanol–water partition coefficient (Wildman–Crippen LogP) is 2.87. The van der Waals surface area contributed by atoms with Crippen LogP contribution in [0.3, 0.4) is 0 Å². The number of aryl methyl sites for hydroxylation is 1. The molecule has 0 unspecified atom stereocenters. The van der Waals surface area contributed by atoms with Crippen molar-refractivity contribution in [3.63, 3.8) is 0 Å². The van der Waals surface area contributed by atoms with Crippen LogP contribution in [0.25, 0.3) is 0 Å². The van der Waals surface area contributed by atoms with Crippen LogP contribution < -0.4 is 5.32 Å². The standard InChI is InChI=1S/C18H33N3O3S/c1-12(2)8-9-14(5)19-17(22)11-25(23,24)18-20-15(6)16(7)21(18)10-13(3)4/h12-14H,8-11H2,1-7H3,(H,19,22)/t14-/m0/s1. The molecule has 0 saturated carbocycles. The number of carbonyl (C=O) groups is 1. The van der Waals surface area contributed by atoms with Crippen molar-refractivity contribution in [2.45, 2.75) is 79.1 Å². The van der Waals surface area contributed by atoms with Gasteiger partial charge in [-0.25, -0.2) is 13.4 Å². The first-order chi connectivity index (χ1) is 11.4. The zero-order chi connectivity index (χ0) is 19.4. The third-order valence-electron chi connectivity index (χ3n) is 4.15. The van der Waals surface area contributed by atoms with Crippen LogP contribution in [0, 0.1) is 25.7 Å². The molecule has 0 bridgehead atoms. The summed E-state index contributed by atoms with van der Waals surface area (Å²) in [7, 11) is -3.77. The van der Waals surface area contributed by atoms with Crippen LogP contribution in [0.4, 0.5) is 0 Å². The highest BCUT2D eigenvalue weighted by molar-refractivity contribution is 7.92. The number of sulfone groups is 1. The van der Waals surface area contributed by atoms with Gasteiger partial charge in [-0.05, 0) is 45.4 Å². The van der Waals surface area contributed by atoms with Crippen molar-refractivity contribution in [2.24, 2.45) is 11.8 Å². The first-order valence-electron chi connectivity index (χ1n) is 8.99. The van der Waals surface area contributed by atoms with Gasteiger partial charge in [0.05, 0.1) is 5.69 Å². The fourth-order valence-corrected chi connectivity index (χ4v) is 4.03. The van der Waals surface area contributed by atoms with Crippen LogP contribution in [0.2, 0.25) is 0 Å². The highest BCUT2D eigenvalue weighted by atomic mass is 32.2. The number of hydrogen-bond donors (Lipinski definition) is 1. The Labute approximate surface area is 152 Å². The van der Waals surface area contributed by atoms with Gasteiger partial charge in [0.15, 0.2) is 0 Å². The maximum atomic E-state index is 12.7. The summed E-state index contributed by atoms with van der Waals surface area (Å²) in [5.41, 5.74) is 1.52. The molecule has 0 radical (unpaired) electrons. The van der Waals surface area contributed by atoms with Crippen LogP contribution in [0.15, 0.2) is 5.16 Å². The summed E-state index contributed by atoms with van der Waals surface area (Å²) in [6, 6.07) is -0.0380. The van der Waals surface area contributed by atoms with Crippen molar-refractivity contribution in [3.05, 3.63) is 11.4 Å². The lowest BCUT2D eigenvalue weighted by Crippen LogP contribution is -2.37. The van der Waals surface area contributed by atoms with Gasteiger partial charge in [0.25, 0.3) is 0 Å². The van der Waals surface area contributed by atoms with Gasteiger partial charge in [-0.15, -0.1) is 0 Å². The number of amides is 1. The van der Waals surface area contributed by atoms with Crippen LogP contribution in [0.5, 0.6) is 0 Å². The summed E-state index contributed by atoms with van der Waals surface area (Å²) in [6.45, 7) is 14.4. The van der Waals surface area contributed by atoms with E-state index in [1.54, 1.807) is 11.5 Å². The fourth-order valence-electron chi connectivity index (χ4n) is 2.65. The van der Waals surface area contributed by atoms with E-state index in [0.717, 1.165) is 18.5 Å². The summed E-state index contributed by atoms with van der Waals surface area (Å²) < 4.78 is 27.1. The number of nitrogens with one attached hydrogen (secondary N) is 1. The minimum Gasteiger partial charge on any atom is -0.353 e. The Morgan fingerprint density at radius 2 is 1.68 bits per heavy atom. The Morgan fingerprint density at radius 3 is 2.20 bits per heavy atom. The van der Waals surface area contributed by atoms with E-state index in [1.807, 2.05) is 27.7 Å². The number of carbonyl (C=O) groups excluding carboxylic acids is 1. The number of nitrogens with zero attached hydrogens (tertiary/aromatic N) is 2. The second kappa shape index (κ2) is 8.83. The molecule has 1 atom stereocenters. The minimum absolute atomic E-state index is 0.00110. The van der Waals surface area contributed by atoms with E-state index >= 15 is 0 Å². The molecular formula is C18H33N3O3S. The summed E-state index contributed by atoms with van der Waals surface area (Å²) in [4.78, 5) is 16.4. The summed E-state index contributed by atoms with van der Waals surface area (Å²) >= 11 is 0. The maximum absolute atomic E-state index is 12.7. The molecule has 6 nitrogen and oxygen atoms in total. The van der Waals surface area contributed by atoms with Crippen LogP contribution in [-0.4, -0.2) is 35.7 Å². The van der Waals surface area contributed by atoms with Gasteiger partial charge in [-0.2, -0.15) is 0 Å². The molecule has 1 aromatic heterocycles. The van der Waals surface area contributed by atoms with Crippen molar-refractivity contribution in [1.29, 1.82) is 0 Å². The zero-order valence-electron chi connectivity index (χ0n) is 16.6. The summed E-state index contributed by atoms with van der Waals surface area (Å²) in [5.74, 6) is -0.193. The molecular weight excluding hydrogens is 338 g/mol. The average molecular weight is 372 g/mol. The second-order valence-corrected chi connectivity index (χ2v) is 9.65. The van der Waals surface area contributed by atoms with Crippen molar-refractivity contribution in [3.8, 4) is 0 Å². The highest BCUT2D eigenvalue weighted by Crippen LogP contribution is 2.18. The molecule has 0 spiro atoms. The van der Waals surface area contributed by atoms with Crippen molar-refractivity contribution in [1.82, 2.24) is 14.9 Å². The molecule has 1 heterocycles. The lowest BCUT2D eigenvalue weighted by molar-refractivity contribution is -0.119. The number of rotatable bonds is 9. The Bertz CT molecular complexity index is 691. The van der Waals surface area contributed by atoms with Gasteiger partial charge in [-0.1, -0.05) is 27.7 Å². The minimum atomic E-state index is -3.77. The SMILES string of the molecule is Cc1nc(S(=O)(=O)CC(=O)N[C@@H](C)CCC(C)C)n(CC(C)C)c1C. The molecule has 7 heteroatoms. The van der Waals surface area contributed by atoms with E-state index in [2.05, 4.69) is 24.1 Å². The smallest absolute Gasteiger partial charge is 0.235 e. The average Bonchev–Trinajstić information content (AvgIpc) is 2.73. The third-order valence-corrected chi connectivity index (χ3v) is 5.66. The normalized spacial score (nSPS) is 13.5. The molecule has 1 aromatic rings. The fraction of sp³-hybridized carbons (Fsp3) is 0.778. The van der Waals surface area contributed by atoms with E-state index in [0.29, 0.717) is 18.2 Å². The van der Waals surface area contributed by atoms with Gasteiger partial charge >= 0.3 is 0 Å². The number of imidazole rings is 1. The number of aromatic nitrogens is 2. The Hall–Kier alpha value is -1.37. The monoisotopic (exact) mass is 371 g/mol. The molecule has 1 rings (SSSR count). The van der Waals surface area contributed by atoms with E-state index in [9.17, 15) is 13.2 Å². The quantitative estimate of drug-likeness (QED) is 0.724. The Balaban J connectivity index is 2.88. The second-order valence-electron chi connectivity index (χ2n) is 7.77. The summed E-state index contributed by atoms with van der Waals surface area (Å²) in [6.07, 6.45) is 1.83. The third kappa shape index (κ3) is 6.45. The van der Waals surface area contributed by atoms with Gasteiger partial charge in [-0.3, -0.25) is 4.79 Å². The molecule has 0 aliphatic rings. The topological polar surface area (TPSA) is 81.1 Å². The van der Waals surface area contributed by atoms with Gasteiger partial charge < -0.3 is 9.88 Å². The first-order valence-corrected chi connectivity index (χ1v) is 10.6. The molecule has 0 aromatic carbocycles. The van der Waals surface area contributed by atoms with E-state index in [4.69, 9.17) is 0 Å². The van der Waals surface area contributed by atoms with Gasteiger partial charge in [0, 0.05) is 18.3 Å². The van der Waals surface area contributed by atoms with E-state index < -0.39 is 21.5 Å². The van der Waals surface area contributed by atoms with Crippen LogP contribution in [-0.2, 0) is 21.2 Å². The van der Waals surface area contributed by atoms with Crippen molar-refractivity contribution < 1.29 is 13.2 Å². The predicted molar refractivity (Wildman–Crippen MR) is 100 cm³/mol. The molecule has 0 fully saturated rings. The highest BCUT2D eigenvalue weighted by Gasteiger charge is 2.27. The van der Waals surface area contributed by atoms with Gasteiger partial charge in [0.1, 0.15) is 5.75 Å². The lowest BCUT2D eigenvalue weighted by atomic mass is 10.0. The lowest BCUT2D eigenvalue weighted by Gasteiger charge is -2.16. The Morgan fingerprint density at radius 1 is 1.08 bits per heavy atom. The first kappa shape index (κ1) is 21.7. The van der Waals surface area contributed by atoms with E-state index in [-0.39, 0.29) is 17.1 Å². The largest absolute Gasteiger partial charge is 0.353 e. The van der Waals surface area contributed by atoms with Gasteiger partial charge in [0.2, 0.25) is 20.9 Å². The Kier molecular flexibility index (Phi) is 7.65. The van der Waals surface area contributed by atoms with Crippen molar-refractivity contribution >= 4 is 15.7 Å². The maximum Gasteiger partial charge on any atom is 0.235 e. The van der Waals surface area contributed by atoms with Crippen molar-refractivity contribution in [2.75, 3.05) is 5.75 Å². The zero-order valence-corrected chi connectivity index (χ0v) is 17.4. The molecule has 25 heavy (non-hydrogen) atoms. The molecule has 1 N–H and O–H groups in total. The van der Waals surface area contributed by atoms with Crippen LogP contribution in [0.1, 0.15) is 58.8 Å². The molecule has 1 amide bonds. The van der Waals surface area contributed by atoms with E-state index in [1.165, 1.54) is 0 Å². The van der Waals surface area contributed by atoms with Crippen LogP contribution >= 0.6 is 0 Å². The molecule has 144 valence electrons. The number of hydrogen-bond acceptors (Lipinski definition) is 4. The molecule has 0 aliphatic carbocycles. The molecule has 0 saturated heterocycles.